The third-order valence-electron chi connectivity index (χ3n) is 4.62. The molecule has 3 amide bonds. The summed E-state index contributed by atoms with van der Waals surface area (Å²) in [7, 11) is 0. The lowest BCUT2D eigenvalue weighted by molar-refractivity contribution is -0.118. The van der Waals surface area contributed by atoms with E-state index in [9.17, 15) is 14.4 Å². The van der Waals surface area contributed by atoms with Crippen molar-refractivity contribution >= 4 is 45.0 Å². The Bertz CT molecular complexity index is 1090. The molecule has 0 aromatic heterocycles. The summed E-state index contributed by atoms with van der Waals surface area (Å²) in [6.07, 6.45) is 0.403. The van der Waals surface area contributed by atoms with E-state index in [1.54, 1.807) is 54.6 Å². The lowest BCUT2D eigenvalue weighted by Crippen LogP contribution is -2.43. The number of nitrogens with one attached hydrogen (secondary N) is 3. The molecule has 1 atom stereocenters. The van der Waals surface area contributed by atoms with Gasteiger partial charge >= 0.3 is 0 Å². The molecule has 0 saturated carbocycles. The van der Waals surface area contributed by atoms with Crippen LogP contribution >= 0.6 is 15.9 Å². The van der Waals surface area contributed by atoms with Gasteiger partial charge in [0.1, 0.15) is 6.04 Å². The van der Waals surface area contributed by atoms with E-state index in [1.807, 2.05) is 31.2 Å². The molecular formula is C24H22BrN3O3. The highest BCUT2D eigenvalue weighted by Crippen LogP contribution is 2.22. The minimum atomic E-state index is -0.738. The van der Waals surface area contributed by atoms with Gasteiger partial charge in [0.2, 0.25) is 5.91 Å². The molecule has 0 saturated heterocycles. The quantitative estimate of drug-likeness (QED) is 0.452. The van der Waals surface area contributed by atoms with Crippen LogP contribution in [-0.4, -0.2) is 23.8 Å². The number of amides is 3. The second-order valence-corrected chi connectivity index (χ2v) is 7.62. The van der Waals surface area contributed by atoms with Gasteiger partial charge in [0.05, 0.1) is 16.9 Å². The average molecular weight is 480 g/mol. The molecule has 3 aromatic rings. The van der Waals surface area contributed by atoms with Crippen LogP contribution in [0.1, 0.15) is 34.1 Å². The number of hydrogen-bond acceptors (Lipinski definition) is 3. The smallest absolute Gasteiger partial charge is 0.255 e. The number of benzene rings is 3. The van der Waals surface area contributed by atoms with E-state index in [0.29, 0.717) is 23.4 Å². The summed E-state index contributed by atoms with van der Waals surface area (Å²) >= 11 is 3.39. The molecule has 0 aliphatic carbocycles. The summed E-state index contributed by atoms with van der Waals surface area (Å²) in [4.78, 5) is 38.1. The molecular weight excluding hydrogens is 458 g/mol. The molecule has 0 spiro atoms. The Morgan fingerprint density at radius 3 is 2.06 bits per heavy atom. The molecule has 0 radical (unpaired) electrons. The van der Waals surface area contributed by atoms with Crippen molar-refractivity contribution in [2.75, 3.05) is 10.6 Å². The van der Waals surface area contributed by atoms with Gasteiger partial charge in [-0.3, -0.25) is 14.4 Å². The lowest BCUT2D eigenvalue weighted by Gasteiger charge is -2.18. The molecule has 0 fully saturated rings. The first kappa shape index (κ1) is 22.2. The second-order valence-electron chi connectivity index (χ2n) is 6.77. The highest BCUT2D eigenvalue weighted by molar-refractivity contribution is 9.10. The van der Waals surface area contributed by atoms with Crippen LogP contribution in [0.3, 0.4) is 0 Å². The zero-order valence-corrected chi connectivity index (χ0v) is 18.5. The largest absolute Gasteiger partial charge is 0.340 e. The van der Waals surface area contributed by atoms with E-state index in [4.69, 9.17) is 0 Å². The lowest BCUT2D eigenvalue weighted by atomic mass is 10.1. The van der Waals surface area contributed by atoms with Gasteiger partial charge in [-0.05, 0) is 58.7 Å². The van der Waals surface area contributed by atoms with Crippen LogP contribution in [0.25, 0.3) is 0 Å². The van der Waals surface area contributed by atoms with Gasteiger partial charge in [0.15, 0.2) is 0 Å². The summed E-state index contributed by atoms with van der Waals surface area (Å²) in [6, 6.07) is 21.9. The highest BCUT2D eigenvalue weighted by Gasteiger charge is 2.22. The van der Waals surface area contributed by atoms with Crippen LogP contribution in [0.5, 0.6) is 0 Å². The maximum Gasteiger partial charge on any atom is 0.255 e. The molecule has 0 aliphatic rings. The van der Waals surface area contributed by atoms with Crippen LogP contribution in [0.15, 0.2) is 83.3 Å². The van der Waals surface area contributed by atoms with E-state index in [1.165, 1.54) is 0 Å². The minimum absolute atomic E-state index is 0.277. The van der Waals surface area contributed by atoms with E-state index in [0.717, 1.165) is 4.47 Å². The summed E-state index contributed by atoms with van der Waals surface area (Å²) in [5.74, 6) is -1.09. The Hall–Kier alpha value is -3.45. The van der Waals surface area contributed by atoms with Crippen molar-refractivity contribution in [1.29, 1.82) is 0 Å². The van der Waals surface area contributed by atoms with Gasteiger partial charge < -0.3 is 16.0 Å². The van der Waals surface area contributed by atoms with Crippen LogP contribution < -0.4 is 16.0 Å². The minimum Gasteiger partial charge on any atom is -0.340 e. The number of halogens is 1. The maximum absolute atomic E-state index is 12.9. The highest BCUT2D eigenvalue weighted by atomic mass is 79.9. The second kappa shape index (κ2) is 10.5. The monoisotopic (exact) mass is 479 g/mol. The van der Waals surface area contributed by atoms with E-state index >= 15 is 0 Å². The van der Waals surface area contributed by atoms with Crippen molar-refractivity contribution in [2.45, 2.75) is 19.4 Å². The molecule has 0 heterocycles. The molecule has 158 valence electrons. The van der Waals surface area contributed by atoms with E-state index in [2.05, 4.69) is 31.9 Å². The van der Waals surface area contributed by atoms with Crippen LogP contribution in [-0.2, 0) is 4.79 Å². The summed E-state index contributed by atoms with van der Waals surface area (Å²) in [5, 5.41) is 8.34. The van der Waals surface area contributed by atoms with Crippen molar-refractivity contribution in [3.8, 4) is 0 Å². The number of carbonyl (C=O) groups is 3. The molecule has 3 N–H and O–H groups in total. The molecule has 3 aromatic carbocycles. The fourth-order valence-electron chi connectivity index (χ4n) is 2.95. The summed E-state index contributed by atoms with van der Waals surface area (Å²) in [6.45, 7) is 1.81. The third-order valence-corrected chi connectivity index (χ3v) is 5.31. The first-order chi connectivity index (χ1) is 15.0. The Labute approximate surface area is 189 Å². The molecule has 0 unspecified atom stereocenters. The van der Waals surface area contributed by atoms with E-state index < -0.39 is 11.9 Å². The standard InChI is InChI=1S/C24H22BrN3O3/c1-2-19(24(31)28-21-15-9-7-13-18(21)25)26-23(30)17-12-6-8-14-20(17)27-22(29)16-10-4-3-5-11-16/h3-15,19H,2H2,1H3,(H,26,30)(H,27,29)(H,28,31)/t19-/m0/s1. The first-order valence-electron chi connectivity index (χ1n) is 9.81. The Morgan fingerprint density at radius 1 is 0.774 bits per heavy atom. The number of hydrogen-bond donors (Lipinski definition) is 3. The van der Waals surface area contributed by atoms with Crippen LogP contribution in [0.4, 0.5) is 11.4 Å². The van der Waals surface area contributed by atoms with Crippen molar-refractivity contribution in [1.82, 2.24) is 5.32 Å². The zero-order chi connectivity index (χ0) is 22.2. The molecule has 31 heavy (non-hydrogen) atoms. The van der Waals surface area contributed by atoms with Crippen molar-refractivity contribution < 1.29 is 14.4 Å². The predicted octanol–water partition coefficient (Wildman–Crippen LogP) is 4.85. The molecule has 0 bridgehead atoms. The summed E-state index contributed by atoms with van der Waals surface area (Å²) in [5.41, 5.74) is 1.75. The number of carbonyl (C=O) groups excluding carboxylic acids is 3. The molecule has 3 rings (SSSR count). The maximum atomic E-state index is 12.9. The van der Waals surface area contributed by atoms with Crippen LogP contribution in [0.2, 0.25) is 0 Å². The fraction of sp³-hybridized carbons (Fsp3) is 0.125. The van der Waals surface area contributed by atoms with Gasteiger partial charge in [0, 0.05) is 10.0 Å². The molecule has 7 heteroatoms. The van der Waals surface area contributed by atoms with Gasteiger partial charge in [-0.25, -0.2) is 0 Å². The van der Waals surface area contributed by atoms with Gasteiger partial charge in [-0.15, -0.1) is 0 Å². The van der Waals surface area contributed by atoms with Crippen molar-refractivity contribution in [2.24, 2.45) is 0 Å². The summed E-state index contributed by atoms with van der Waals surface area (Å²) < 4.78 is 0.749. The third kappa shape index (κ3) is 5.79. The molecule has 6 nitrogen and oxygen atoms in total. The Balaban J connectivity index is 1.72. The predicted molar refractivity (Wildman–Crippen MR) is 125 cm³/mol. The molecule has 0 aliphatic heterocycles. The van der Waals surface area contributed by atoms with Gasteiger partial charge in [0.25, 0.3) is 11.8 Å². The zero-order valence-electron chi connectivity index (χ0n) is 16.9. The average Bonchev–Trinajstić information content (AvgIpc) is 2.79. The Morgan fingerprint density at radius 2 is 1.39 bits per heavy atom. The number of rotatable bonds is 7. The first-order valence-corrected chi connectivity index (χ1v) is 10.6. The number of para-hydroxylation sites is 2. The normalized spacial score (nSPS) is 11.3. The van der Waals surface area contributed by atoms with E-state index in [-0.39, 0.29) is 17.4 Å². The van der Waals surface area contributed by atoms with Gasteiger partial charge in [-0.2, -0.15) is 0 Å². The van der Waals surface area contributed by atoms with Crippen molar-refractivity contribution in [3.05, 3.63) is 94.5 Å². The number of anilines is 2. The van der Waals surface area contributed by atoms with Crippen molar-refractivity contribution in [3.63, 3.8) is 0 Å². The van der Waals surface area contributed by atoms with Gasteiger partial charge in [-0.1, -0.05) is 49.4 Å². The van der Waals surface area contributed by atoms with Crippen LogP contribution in [0, 0.1) is 0 Å². The fourth-order valence-corrected chi connectivity index (χ4v) is 3.33. The Kier molecular flexibility index (Phi) is 7.56. The topological polar surface area (TPSA) is 87.3 Å². The SMILES string of the molecule is CC[C@H](NC(=O)c1ccccc1NC(=O)c1ccccc1)C(=O)Nc1ccccc1Br.